The SMILES string of the molecule is COC(=O)c1ccccc1C(=O)N1CCCC(CCC(=O)NCc2ccccc2F)C1. The number of carbonyl (C=O) groups excluding carboxylic acids is 3. The van der Waals surface area contributed by atoms with E-state index in [0.717, 1.165) is 12.8 Å². The zero-order chi connectivity index (χ0) is 22.2. The third-order valence-corrected chi connectivity index (χ3v) is 5.58. The van der Waals surface area contributed by atoms with Crippen molar-refractivity contribution in [2.75, 3.05) is 20.2 Å². The summed E-state index contributed by atoms with van der Waals surface area (Å²) in [6.45, 7) is 1.31. The summed E-state index contributed by atoms with van der Waals surface area (Å²) in [5.41, 5.74) is 1.04. The first-order valence-corrected chi connectivity index (χ1v) is 10.5. The van der Waals surface area contributed by atoms with Crippen molar-refractivity contribution in [2.45, 2.75) is 32.2 Å². The van der Waals surface area contributed by atoms with E-state index in [0.29, 0.717) is 37.1 Å². The number of benzene rings is 2. The lowest BCUT2D eigenvalue weighted by molar-refractivity contribution is -0.121. The Labute approximate surface area is 181 Å². The van der Waals surface area contributed by atoms with Crippen LogP contribution in [-0.2, 0) is 16.1 Å². The topological polar surface area (TPSA) is 75.7 Å². The van der Waals surface area contributed by atoms with Gasteiger partial charge in [-0.25, -0.2) is 9.18 Å². The maximum Gasteiger partial charge on any atom is 0.338 e. The first kappa shape index (κ1) is 22.5. The summed E-state index contributed by atoms with van der Waals surface area (Å²) < 4.78 is 18.4. The lowest BCUT2D eigenvalue weighted by Crippen LogP contribution is -2.40. The molecule has 2 amide bonds. The minimum Gasteiger partial charge on any atom is -0.465 e. The van der Waals surface area contributed by atoms with Gasteiger partial charge in [-0.2, -0.15) is 0 Å². The fourth-order valence-electron chi connectivity index (χ4n) is 3.87. The Morgan fingerprint density at radius 3 is 2.55 bits per heavy atom. The molecule has 2 aromatic rings. The van der Waals surface area contributed by atoms with Gasteiger partial charge < -0.3 is 15.0 Å². The lowest BCUT2D eigenvalue weighted by Gasteiger charge is -2.33. The van der Waals surface area contributed by atoms with Crippen LogP contribution in [0.2, 0.25) is 0 Å². The Bertz CT molecular complexity index is 947. The Kier molecular flexibility index (Phi) is 7.76. The van der Waals surface area contributed by atoms with Gasteiger partial charge in [0.15, 0.2) is 0 Å². The van der Waals surface area contributed by atoms with Crippen LogP contribution in [0.5, 0.6) is 0 Å². The number of methoxy groups -OCH3 is 1. The summed E-state index contributed by atoms with van der Waals surface area (Å²) in [5.74, 6) is -1.01. The molecule has 0 aliphatic carbocycles. The van der Waals surface area contributed by atoms with E-state index in [4.69, 9.17) is 4.74 Å². The molecule has 1 atom stereocenters. The van der Waals surface area contributed by atoms with Gasteiger partial charge in [0, 0.05) is 31.6 Å². The highest BCUT2D eigenvalue weighted by Crippen LogP contribution is 2.23. The first-order valence-electron chi connectivity index (χ1n) is 10.5. The minimum atomic E-state index is -0.538. The molecule has 1 saturated heterocycles. The second-order valence-corrected chi connectivity index (χ2v) is 7.70. The van der Waals surface area contributed by atoms with Crippen molar-refractivity contribution >= 4 is 17.8 Å². The standard InChI is InChI=1S/C24H27FN2O4/c1-31-24(30)20-10-4-3-9-19(20)23(29)27-14-6-7-17(16-27)12-13-22(28)26-15-18-8-2-5-11-21(18)25/h2-5,8-11,17H,6-7,12-16H2,1H3,(H,26,28). The van der Waals surface area contributed by atoms with Gasteiger partial charge in [-0.05, 0) is 43.4 Å². The Morgan fingerprint density at radius 1 is 1.10 bits per heavy atom. The molecule has 0 radical (unpaired) electrons. The molecule has 2 aromatic carbocycles. The molecule has 0 spiro atoms. The number of esters is 1. The van der Waals surface area contributed by atoms with Gasteiger partial charge in [0.05, 0.1) is 18.2 Å². The molecule has 1 aliphatic rings. The molecule has 0 aromatic heterocycles. The third-order valence-electron chi connectivity index (χ3n) is 5.58. The van der Waals surface area contributed by atoms with Crippen LogP contribution in [0.1, 0.15) is 52.0 Å². The smallest absolute Gasteiger partial charge is 0.338 e. The quantitative estimate of drug-likeness (QED) is 0.687. The highest BCUT2D eigenvalue weighted by Gasteiger charge is 2.27. The van der Waals surface area contributed by atoms with Crippen LogP contribution in [0.3, 0.4) is 0 Å². The van der Waals surface area contributed by atoms with Crippen LogP contribution in [0.25, 0.3) is 0 Å². The van der Waals surface area contributed by atoms with Gasteiger partial charge in [0.25, 0.3) is 5.91 Å². The summed E-state index contributed by atoms with van der Waals surface area (Å²) in [7, 11) is 1.29. The molecule has 1 aliphatic heterocycles. The Balaban J connectivity index is 1.53. The van der Waals surface area contributed by atoms with Gasteiger partial charge in [-0.1, -0.05) is 30.3 Å². The van der Waals surface area contributed by atoms with Gasteiger partial charge in [-0.3, -0.25) is 9.59 Å². The van der Waals surface area contributed by atoms with Crippen molar-refractivity contribution in [3.05, 3.63) is 71.0 Å². The lowest BCUT2D eigenvalue weighted by atomic mass is 9.92. The highest BCUT2D eigenvalue weighted by molar-refractivity contribution is 6.05. The number of ether oxygens (including phenoxy) is 1. The van der Waals surface area contributed by atoms with Crippen LogP contribution in [0.15, 0.2) is 48.5 Å². The fourth-order valence-corrected chi connectivity index (χ4v) is 3.87. The molecule has 164 valence electrons. The van der Waals surface area contributed by atoms with Gasteiger partial charge in [0.1, 0.15) is 5.82 Å². The van der Waals surface area contributed by atoms with Crippen LogP contribution >= 0.6 is 0 Å². The normalized spacial score (nSPS) is 15.9. The largest absolute Gasteiger partial charge is 0.465 e. The van der Waals surface area contributed by atoms with E-state index in [1.165, 1.54) is 13.2 Å². The molecular weight excluding hydrogens is 399 g/mol. The van der Waals surface area contributed by atoms with Crippen LogP contribution in [-0.4, -0.2) is 42.9 Å². The van der Waals surface area contributed by atoms with E-state index in [1.807, 2.05) is 0 Å². The molecule has 1 fully saturated rings. The second kappa shape index (κ2) is 10.7. The first-order chi connectivity index (χ1) is 15.0. The molecule has 31 heavy (non-hydrogen) atoms. The zero-order valence-electron chi connectivity index (χ0n) is 17.6. The van der Waals surface area contributed by atoms with Crippen molar-refractivity contribution in [1.29, 1.82) is 0 Å². The molecule has 3 rings (SSSR count). The summed E-state index contributed by atoms with van der Waals surface area (Å²) in [4.78, 5) is 38.9. The summed E-state index contributed by atoms with van der Waals surface area (Å²) >= 11 is 0. The van der Waals surface area contributed by atoms with E-state index >= 15 is 0 Å². The number of rotatable bonds is 7. The van der Waals surface area contributed by atoms with Crippen LogP contribution in [0, 0.1) is 11.7 Å². The maximum absolute atomic E-state index is 13.7. The maximum atomic E-state index is 13.7. The van der Waals surface area contributed by atoms with E-state index in [-0.39, 0.29) is 35.7 Å². The van der Waals surface area contributed by atoms with E-state index < -0.39 is 5.97 Å². The predicted molar refractivity (Wildman–Crippen MR) is 114 cm³/mol. The summed E-state index contributed by atoms with van der Waals surface area (Å²) in [6.07, 6.45) is 2.74. The minimum absolute atomic E-state index is 0.136. The average Bonchev–Trinajstić information content (AvgIpc) is 2.81. The molecule has 1 heterocycles. The van der Waals surface area contributed by atoms with Gasteiger partial charge in [-0.15, -0.1) is 0 Å². The molecule has 0 bridgehead atoms. The predicted octanol–water partition coefficient (Wildman–Crippen LogP) is 3.56. The Hall–Kier alpha value is -3.22. The fraction of sp³-hybridized carbons (Fsp3) is 0.375. The van der Waals surface area contributed by atoms with Gasteiger partial charge >= 0.3 is 5.97 Å². The van der Waals surface area contributed by atoms with Crippen molar-refractivity contribution in [1.82, 2.24) is 10.2 Å². The number of carbonyl (C=O) groups is 3. The number of amides is 2. The summed E-state index contributed by atoms with van der Waals surface area (Å²) in [5, 5.41) is 2.75. The number of nitrogens with zero attached hydrogens (tertiary/aromatic N) is 1. The third kappa shape index (κ3) is 5.90. The molecular formula is C24H27FN2O4. The van der Waals surface area contributed by atoms with E-state index in [1.54, 1.807) is 47.4 Å². The molecule has 0 saturated carbocycles. The van der Waals surface area contributed by atoms with Crippen molar-refractivity contribution < 1.29 is 23.5 Å². The number of likely N-dealkylation sites (tertiary alicyclic amines) is 1. The van der Waals surface area contributed by atoms with E-state index in [2.05, 4.69) is 5.32 Å². The summed E-state index contributed by atoms with van der Waals surface area (Å²) in [6, 6.07) is 13.0. The highest BCUT2D eigenvalue weighted by atomic mass is 19.1. The van der Waals surface area contributed by atoms with Crippen molar-refractivity contribution in [2.24, 2.45) is 5.92 Å². The number of hydrogen-bond acceptors (Lipinski definition) is 4. The van der Waals surface area contributed by atoms with Crippen molar-refractivity contribution in [3.63, 3.8) is 0 Å². The second-order valence-electron chi connectivity index (χ2n) is 7.70. The molecule has 6 nitrogen and oxygen atoms in total. The van der Waals surface area contributed by atoms with Gasteiger partial charge in [0.2, 0.25) is 5.91 Å². The monoisotopic (exact) mass is 426 g/mol. The molecule has 1 N–H and O–H groups in total. The Morgan fingerprint density at radius 2 is 1.81 bits per heavy atom. The number of hydrogen-bond donors (Lipinski definition) is 1. The number of halogens is 1. The molecule has 1 unspecified atom stereocenters. The number of piperidine rings is 1. The van der Waals surface area contributed by atoms with Crippen LogP contribution < -0.4 is 5.32 Å². The van der Waals surface area contributed by atoms with Crippen LogP contribution in [0.4, 0.5) is 4.39 Å². The van der Waals surface area contributed by atoms with Crippen molar-refractivity contribution in [3.8, 4) is 0 Å². The zero-order valence-corrected chi connectivity index (χ0v) is 17.6. The number of nitrogens with one attached hydrogen (secondary N) is 1. The van der Waals surface area contributed by atoms with E-state index in [9.17, 15) is 18.8 Å². The average molecular weight is 426 g/mol. The molecule has 7 heteroatoms.